The summed E-state index contributed by atoms with van der Waals surface area (Å²) in [6, 6.07) is 0. The topological polar surface area (TPSA) is 26.3 Å². The zero-order valence-electron chi connectivity index (χ0n) is 7.19. The first kappa shape index (κ1) is 9.52. The highest BCUT2D eigenvalue weighted by Crippen LogP contribution is 2.29. The summed E-state index contributed by atoms with van der Waals surface area (Å²) in [5, 5.41) is 0. The van der Waals surface area contributed by atoms with Crippen molar-refractivity contribution >= 4 is 21.7 Å². The number of allylic oxidation sites excluding steroid dienone is 4. The summed E-state index contributed by atoms with van der Waals surface area (Å²) < 4.78 is 5.98. The Hall–Kier alpha value is -0.570. The molecule has 1 aliphatic rings. The summed E-state index contributed by atoms with van der Waals surface area (Å²) >= 11 is 3.34. The summed E-state index contributed by atoms with van der Waals surface area (Å²) in [5.74, 6) is 0.839. The van der Waals surface area contributed by atoms with E-state index in [0.29, 0.717) is 5.57 Å². The van der Waals surface area contributed by atoms with Crippen LogP contribution in [0.25, 0.3) is 0 Å². The molecule has 12 heavy (non-hydrogen) atoms. The molecule has 0 aromatic rings. The number of halogens is 1. The lowest BCUT2D eigenvalue weighted by molar-refractivity contribution is -0.113. The van der Waals surface area contributed by atoms with E-state index in [2.05, 4.69) is 15.9 Å². The van der Waals surface area contributed by atoms with Crippen molar-refractivity contribution in [2.24, 2.45) is 0 Å². The van der Waals surface area contributed by atoms with E-state index in [9.17, 15) is 4.79 Å². The van der Waals surface area contributed by atoms with Crippen LogP contribution in [-0.2, 0) is 9.53 Å². The molecule has 1 rings (SSSR count). The summed E-state index contributed by atoms with van der Waals surface area (Å²) in [5.41, 5.74) is 0.684. The van der Waals surface area contributed by atoms with E-state index >= 15 is 0 Å². The van der Waals surface area contributed by atoms with Crippen LogP contribution in [0.15, 0.2) is 21.9 Å². The average Bonchev–Trinajstić information content (AvgIpc) is 2.03. The fourth-order valence-corrected chi connectivity index (χ4v) is 1.99. The second kappa shape index (κ2) is 3.90. The third kappa shape index (κ3) is 1.78. The Morgan fingerprint density at radius 2 is 2.33 bits per heavy atom. The molecule has 0 bridgehead atoms. The molecule has 0 heterocycles. The van der Waals surface area contributed by atoms with Gasteiger partial charge in [0, 0.05) is 10.9 Å². The number of hydrogen-bond donors (Lipinski definition) is 0. The molecule has 0 atom stereocenters. The Balaban J connectivity index is 3.06. The summed E-state index contributed by atoms with van der Waals surface area (Å²) in [6.45, 7) is 1.55. The largest absolute Gasteiger partial charge is 0.500 e. The molecule has 0 fully saturated rings. The lowest BCUT2D eigenvalue weighted by Gasteiger charge is -2.15. The molecule has 0 aromatic heterocycles. The highest BCUT2D eigenvalue weighted by Gasteiger charge is 2.18. The molecule has 0 unspecified atom stereocenters. The van der Waals surface area contributed by atoms with Gasteiger partial charge in [-0.25, -0.2) is 0 Å². The summed E-state index contributed by atoms with van der Waals surface area (Å²) in [4.78, 5) is 11.2. The number of hydrogen-bond acceptors (Lipinski definition) is 2. The normalized spacial score (nSPS) is 17.4. The van der Waals surface area contributed by atoms with Gasteiger partial charge in [0.1, 0.15) is 5.76 Å². The Kier molecular flexibility index (Phi) is 3.09. The lowest BCUT2D eigenvalue weighted by Crippen LogP contribution is -2.07. The van der Waals surface area contributed by atoms with Crippen molar-refractivity contribution in [2.75, 3.05) is 7.11 Å². The number of rotatable bonds is 2. The smallest absolute Gasteiger partial charge is 0.164 e. The van der Waals surface area contributed by atoms with E-state index in [0.717, 1.165) is 23.1 Å². The van der Waals surface area contributed by atoms with Gasteiger partial charge in [0.15, 0.2) is 5.78 Å². The predicted octanol–water partition coefficient (Wildman–Crippen LogP) is 2.55. The maximum Gasteiger partial charge on any atom is 0.164 e. The van der Waals surface area contributed by atoms with Gasteiger partial charge in [-0.1, -0.05) is 22.0 Å². The molecule has 3 heteroatoms. The van der Waals surface area contributed by atoms with E-state index in [1.165, 1.54) is 0 Å². The maximum atomic E-state index is 11.2. The Bertz CT molecular complexity index is 264. The van der Waals surface area contributed by atoms with Crippen molar-refractivity contribution in [2.45, 2.75) is 19.8 Å². The first-order chi connectivity index (χ1) is 5.66. The van der Waals surface area contributed by atoms with E-state index in [1.54, 1.807) is 14.0 Å². The van der Waals surface area contributed by atoms with Crippen molar-refractivity contribution in [3.8, 4) is 0 Å². The summed E-state index contributed by atoms with van der Waals surface area (Å²) in [7, 11) is 1.60. The van der Waals surface area contributed by atoms with Gasteiger partial charge in [0.05, 0.1) is 12.7 Å². The lowest BCUT2D eigenvalue weighted by atomic mass is 10.0. The quantitative estimate of drug-likeness (QED) is 0.729. The van der Waals surface area contributed by atoms with Gasteiger partial charge in [-0.3, -0.25) is 4.79 Å². The van der Waals surface area contributed by atoms with Crippen molar-refractivity contribution < 1.29 is 9.53 Å². The molecule has 2 nitrogen and oxygen atoms in total. The molecule has 0 radical (unpaired) electrons. The third-order valence-electron chi connectivity index (χ3n) is 1.81. The molecular weight excluding hydrogens is 220 g/mol. The molecule has 0 amide bonds. The third-order valence-corrected chi connectivity index (χ3v) is 2.53. The predicted molar refractivity (Wildman–Crippen MR) is 51.0 cm³/mol. The molecule has 0 saturated carbocycles. The van der Waals surface area contributed by atoms with Gasteiger partial charge < -0.3 is 4.74 Å². The van der Waals surface area contributed by atoms with Crippen LogP contribution < -0.4 is 0 Å². The zero-order chi connectivity index (χ0) is 9.14. The van der Waals surface area contributed by atoms with Gasteiger partial charge in [-0.15, -0.1) is 0 Å². The van der Waals surface area contributed by atoms with Crippen molar-refractivity contribution in [3.63, 3.8) is 0 Å². The minimum absolute atomic E-state index is 0.0506. The van der Waals surface area contributed by atoms with Crippen LogP contribution in [0.5, 0.6) is 0 Å². The Labute approximate surface area is 80.4 Å². The zero-order valence-corrected chi connectivity index (χ0v) is 8.77. The van der Waals surface area contributed by atoms with Crippen molar-refractivity contribution in [3.05, 3.63) is 21.9 Å². The molecular formula is C9H11BrO2. The highest BCUT2D eigenvalue weighted by atomic mass is 79.9. The van der Waals surface area contributed by atoms with Crippen LogP contribution in [0, 0.1) is 0 Å². The Morgan fingerprint density at radius 1 is 1.67 bits per heavy atom. The molecule has 0 aliphatic heterocycles. The number of ketones is 1. The standard InChI is InChI=1S/C9H11BrO2/c1-6(11)9-7(10)4-3-5-8(9)12-2/h4H,3,5H2,1-2H3. The number of carbonyl (C=O) groups excluding carboxylic acids is 1. The van der Waals surface area contributed by atoms with Crippen molar-refractivity contribution in [1.82, 2.24) is 0 Å². The Morgan fingerprint density at radius 3 is 2.75 bits per heavy atom. The van der Waals surface area contributed by atoms with Gasteiger partial charge >= 0.3 is 0 Å². The van der Waals surface area contributed by atoms with Gasteiger partial charge in [0.25, 0.3) is 0 Å². The fraction of sp³-hybridized carbons (Fsp3) is 0.444. The van der Waals surface area contributed by atoms with Crippen molar-refractivity contribution in [1.29, 1.82) is 0 Å². The van der Waals surface area contributed by atoms with Crippen LogP contribution in [0.3, 0.4) is 0 Å². The van der Waals surface area contributed by atoms with Gasteiger partial charge in [-0.05, 0) is 13.3 Å². The van der Waals surface area contributed by atoms with Crippen LogP contribution >= 0.6 is 15.9 Å². The molecule has 66 valence electrons. The minimum atomic E-state index is 0.0506. The second-order valence-corrected chi connectivity index (χ2v) is 3.50. The van der Waals surface area contributed by atoms with E-state index in [1.807, 2.05) is 6.08 Å². The molecule has 0 aromatic carbocycles. The molecule has 0 spiro atoms. The second-order valence-electron chi connectivity index (χ2n) is 2.65. The van der Waals surface area contributed by atoms with Crippen LogP contribution in [0.1, 0.15) is 19.8 Å². The number of ether oxygens (including phenoxy) is 1. The number of Topliss-reactive ketones (excluding diaryl/α,β-unsaturated/α-hetero) is 1. The van der Waals surface area contributed by atoms with Crippen LogP contribution in [0.4, 0.5) is 0 Å². The molecule has 1 aliphatic carbocycles. The molecule has 0 saturated heterocycles. The fourth-order valence-electron chi connectivity index (χ4n) is 1.26. The van der Waals surface area contributed by atoms with E-state index in [-0.39, 0.29) is 5.78 Å². The monoisotopic (exact) mass is 230 g/mol. The van der Waals surface area contributed by atoms with Gasteiger partial charge in [0.2, 0.25) is 0 Å². The number of carbonyl (C=O) groups is 1. The SMILES string of the molecule is COC1=C(C(C)=O)C(Br)=CCC1. The highest BCUT2D eigenvalue weighted by molar-refractivity contribution is 9.12. The first-order valence-electron chi connectivity index (χ1n) is 3.81. The maximum absolute atomic E-state index is 11.2. The molecule has 0 N–H and O–H groups in total. The van der Waals surface area contributed by atoms with E-state index in [4.69, 9.17) is 4.74 Å². The van der Waals surface area contributed by atoms with Gasteiger partial charge in [-0.2, -0.15) is 0 Å². The first-order valence-corrected chi connectivity index (χ1v) is 4.60. The van der Waals surface area contributed by atoms with E-state index < -0.39 is 0 Å². The summed E-state index contributed by atoms with van der Waals surface area (Å²) in [6.07, 6.45) is 3.75. The van der Waals surface area contributed by atoms with Crippen LogP contribution in [-0.4, -0.2) is 12.9 Å². The minimum Gasteiger partial charge on any atom is -0.500 e. The van der Waals surface area contributed by atoms with Crippen LogP contribution in [0.2, 0.25) is 0 Å². The average molecular weight is 231 g/mol. The number of methoxy groups -OCH3 is 1.